The molecule has 0 radical (unpaired) electrons. The normalized spacial score (nSPS) is 11.5. The molecule has 23 heavy (non-hydrogen) atoms. The van der Waals surface area contributed by atoms with Crippen molar-refractivity contribution in [2.75, 3.05) is 6.61 Å². The molecule has 0 unspecified atom stereocenters. The number of carbonyl (C=O) groups is 1. The topological polar surface area (TPSA) is 105 Å². The molecule has 0 aliphatic rings. The molecule has 0 fully saturated rings. The van der Waals surface area contributed by atoms with Gasteiger partial charge < -0.3 is 10.5 Å². The number of primary amides is 1. The number of hydrogen-bond acceptors (Lipinski definition) is 5. The number of halogens is 2. The fourth-order valence-electron chi connectivity index (χ4n) is 1.80. The van der Waals surface area contributed by atoms with Crippen molar-refractivity contribution in [2.45, 2.75) is 13.5 Å². The zero-order chi connectivity index (χ0) is 17.0. The highest BCUT2D eigenvalue weighted by Gasteiger charge is 2.13. The maximum absolute atomic E-state index is 12.8. The Morgan fingerprint density at radius 3 is 2.91 bits per heavy atom. The molecule has 122 valence electrons. The first-order valence-corrected chi connectivity index (χ1v) is 7.20. The number of nitrogens with two attached hydrogens (primary N) is 1. The van der Waals surface area contributed by atoms with E-state index in [1.54, 1.807) is 19.1 Å². The maximum atomic E-state index is 12.8. The SMILES string of the molecule is Cc1ccc(Br)nc1-n1cnn(CC(=CF)COC(N)=O)c1=O. The van der Waals surface area contributed by atoms with Crippen LogP contribution in [0.15, 0.2) is 39.8 Å². The third-order valence-corrected chi connectivity index (χ3v) is 3.35. The number of ether oxygens (including phenoxy) is 1. The molecule has 0 saturated heterocycles. The lowest BCUT2D eigenvalue weighted by atomic mass is 10.3. The number of amides is 1. The molecule has 10 heteroatoms. The van der Waals surface area contributed by atoms with Gasteiger partial charge in [-0.2, -0.15) is 5.10 Å². The van der Waals surface area contributed by atoms with Gasteiger partial charge in [-0.3, -0.25) is 0 Å². The van der Waals surface area contributed by atoms with E-state index in [1.807, 2.05) is 0 Å². The Hall–Kier alpha value is -2.49. The van der Waals surface area contributed by atoms with E-state index in [2.05, 4.69) is 30.7 Å². The average Bonchev–Trinajstić information content (AvgIpc) is 2.86. The Balaban J connectivity index is 2.27. The quantitative estimate of drug-likeness (QED) is 0.784. The van der Waals surface area contributed by atoms with Gasteiger partial charge >= 0.3 is 11.8 Å². The van der Waals surface area contributed by atoms with E-state index >= 15 is 0 Å². The van der Waals surface area contributed by atoms with Gasteiger partial charge in [0.25, 0.3) is 0 Å². The van der Waals surface area contributed by atoms with Gasteiger partial charge in [0, 0.05) is 5.57 Å². The van der Waals surface area contributed by atoms with Crippen LogP contribution in [0, 0.1) is 6.92 Å². The molecule has 0 atom stereocenters. The van der Waals surface area contributed by atoms with Crippen molar-refractivity contribution >= 4 is 22.0 Å². The van der Waals surface area contributed by atoms with Crippen molar-refractivity contribution in [3.8, 4) is 5.82 Å². The molecule has 1 amide bonds. The second-order valence-corrected chi connectivity index (χ2v) is 5.40. The summed E-state index contributed by atoms with van der Waals surface area (Å²) in [5.74, 6) is 0.412. The van der Waals surface area contributed by atoms with E-state index in [9.17, 15) is 14.0 Å². The van der Waals surface area contributed by atoms with Crippen LogP contribution < -0.4 is 11.4 Å². The van der Waals surface area contributed by atoms with Crippen LogP contribution in [0.2, 0.25) is 0 Å². The molecular formula is C13H13BrFN5O3. The summed E-state index contributed by atoms with van der Waals surface area (Å²) in [6.07, 6.45) is 0.502. The van der Waals surface area contributed by atoms with Crippen molar-refractivity contribution in [3.05, 3.63) is 51.0 Å². The summed E-state index contributed by atoms with van der Waals surface area (Å²) >= 11 is 3.24. The molecule has 0 aliphatic carbocycles. The van der Waals surface area contributed by atoms with Gasteiger partial charge in [-0.1, -0.05) is 6.07 Å². The van der Waals surface area contributed by atoms with E-state index in [1.165, 1.54) is 10.9 Å². The molecule has 0 bridgehead atoms. The van der Waals surface area contributed by atoms with Crippen molar-refractivity contribution in [1.29, 1.82) is 0 Å². The fourth-order valence-corrected chi connectivity index (χ4v) is 2.10. The van der Waals surface area contributed by atoms with Crippen molar-refractivity contribution in [2.24, 2.45) is 5.73 Å². The van der Waals surface area contributed by atoms with E-state index in [0.29, 0.717) is 10.4 Å². The standard InChI is InChI=1S/C13H13BrFN5O3/c1-8-2-3-10(14)18-11(8)19-7-17-20(13(19)22)5-9(4-15)6-23-12(16)21/h2-4,7H,5-6H2,1H3,(H2,16,21). The monoisotopic (exact) mass is 385 g/mol. The molecule has 2 aromatic rings. The maximum Gasteiger partial charge on any atom is 0.404 e. The molecule has 0 spiro atoms. The molecule has 2 N–H and O–H groups in total. The Bertz CT molecular complexity index is 814. The summed E-state index contributed by atoms with van der Waals surface area (Å²) in [7, 11) is 0. The van der Waals surface area contributed by atoms with Crippen molar-refractivity contribution in [3.63, 3.8) is 0 Å². The minimum Gasteiger partial charge on any atom is -0.445 e. The van der Waals surface area contributed by atoms with Gasteiger partial charge in [0.1, 0.15) is 23.4 Å². The van der Waals surface area contributed by atoms with Crippen LogP contribution >= 0.6 is 15.9 Å². The predicted molar refractivity (Wildman–Crippen MR) is 82.8 cm³/mol. The molecule has 2 aromatic heterocycles. The van der Waals surface area contributed by atoms with Gasteiger partial charge in [-0.05, 0) is 34.5 Å². The van der Waals surface area contributed by atoms with Crippen LogP contribution in [0.3, 0.4) is 0 Å². The average molecular weight is 386 g/mol. The minimum absolute atomic E-state index is 0.0371. The van der Waals surface area contributed by atoms with Gasteiger partial charge in [-0.25, -0.2) is 28.2 Å². The molecule has 0 aromatic carbocycles. The Morgan fingerprint density at radius 2 is 2.26 bits per heavy atom. The number of pyridine rings is 1. The lowest BCUT2D eigenvalue weighted by molar-refractivity contribution is 0.164. The second kappa shape index (κ2) is 7.18. The summed E-state index contributed by atoms with van der Waals surface area (Å²) in [6.45, 7) is 1.26. The largest absolute Gasteiger partial charge is 0.445 e. The van der Waals surface area contributed by atoms with E-state index < -0.39 is 11.8 Å². The zero-order valence-electron chi connectivity index (χ0n) is 12.1. The second-order valence-electron chi connectivity index (χ2n) is 4.59. The lowest BCUT2D eigenvalue weighted by Crippen LogP contribution is -2.26. The summed E-state index contributed by atoms with van der Waals surface area (Å²) in [4.78, 5) is 27.1. The first-order chi connectivity index (χ1) is 10.9. The van der Waals surface area contributed by atoms with Gasteiger partial charge in [0.05, 0.1) is 12.9 Å². The van der Waals surface area contributed by atoms with Gasteiger partial charge in [-0.15, -0.1) is 0 Å². The first kappa shape index (κ1) is 16.9. The molecular weight excluding hydrogens is 373 g/mol. The molecule has 2 rings (SSSR count). The van der Waals surface area contributed by atoms with Crippen LogP contribution in [0.5, 0.6) is 0 Å². The lowest BCUT2D eigenvalue weighted by Gasteiger charge is -2.06. The molecule has 2 heterocycles. The summed E-state index contributed by atoms with van der Waals surface area (Å²) in [5, 5.41) is 3.91. The third-order valence-electron chi connectivity index (χ3n) is 2.90. The highest BCUT2D eigenvalue weighted by atomic mass is 79.9. The number of carbonyl (C=O) groups excluding carboxylic acids is 1. The number of aromatic nitrogens is 4. The highest BCUT2D eigenvalue weighted by molar-refractivity contribution is 9.10. The number of hydrogen-bond donors (Lipinski definition) is 1. The number of aryl methyl sites for hydroxylation is 1. The van der Waals surface area contributed by atoms with Crippen molar-refractivity contribution in [1.82, 2.24) is 19.3 Å². The van der Waals surface area contributed by atoms with Gasteiger partial charge in [0.15, 0.2) is 0 Å². The smallest absolute Gasteiger partial charge is 0.404 e. The minimum atomic E-state index is -1.03. The van der Waals surface area contributed by atoms with E-state index in [0.717, 1.165) is 10.2 Å². The fraction of sp³-hybridized carbons (Fsp3) is 0.231. The first-order valence-electron chi connectivity index (χ1n) is 6.40. The molecule has 0 aliphatic heterocycles. The summed E-state index contributed by atoms with van der Waals surface area (Å²) in [5.41, 5.74) is 5.12. The van der Waals surface area contributed by atoms with Crippen LogP contribution in [0.4, 0.5) is 9.18 Å². The summed E-state index contributed by atoms with van der Waals surface area (Å²) < 4.78 is 20.1. The summed E-state index contributed by atoms with van der Waals surface area (Å²) in [6, 6.07) is 3.54. The number of rotatable bonds is 5. The van der Waals surface area contributed by atoms with Crippen molar-refractivity contribution < 1.29 is 13.9 Å². The van der Waals surface area contributed by atoms with Gasteiger partial charge in [0.2, 0.25) is 0 Å². The van der Waals surface area contributed by atoms with E-state index in [-0.39, 0.29) is 25.1 Å². The number of nitrogens with zero attached hydrogens (tertiary/aromatic N) is 4. The Kier molecular flexibility index (Phi) is 5.27. The molecule has 0 saturated carbocycles. The predicted octanol–water partition coefficient (Wildman–Crippen LogP) is 1.45. The zero-order valence-corrected chi connectivity index (χ0v) is 13.7. The highest BCUT2D eigenvalue weighted by Crippen LogP contribution is 2.13. The Morgan fingerprint density at radius 1 is 1.52 bits per heavy atom. The van der Waals surface area contributed by atoms with Crippen LogP contribution in [-0.4, -0.2) is 32.0 Å². The van der Waals surface area contributed by atoms with Crippen LogP contribution in [0.25, 0.3) is 5.82 Å². The van der Waals surface area contributed by atoms with E-state index in [4.69, 9.17) is 5.73 Å². The molecule has 8 nitrogen and oxygen atoms in total. The van der Waals surface area contributed by atoms with Crippen LogP contribution in [-0.2, 0) is 11.3 Å². The van der Waals surface area contributed by atoms with Crippen LogP contribution in [0.1, 0.15) is 5.56 Å². The third kappa shape index (κ3) is 4.03. The Labute approximate surface area is 138 Å².